The van der Waals surface area contributed by atoms with E-state index in [1.54, 1.807) is 24.2 Å². The second kappa shape index (κ2) is 5.29. The molecular formula is C9H16N2OS. The first-order chi connectivity index (χ1) is 6.24. The van der Waals surface area contributed by atoms with Crippen LogP contribution in [0, 0.1) is 0 Å². The van der Waals surface area contributed by atoms with Gasteiger partial charge in [0.1, 0.15) is 6.26 Å². The Morgan fingerprint density at radius 2 is 2.38 bits per heavy atom. The normalized spacial score (nSPS) is 15.6. The van der Waals surface area contributed by atoms with E-state index >= 15 is 0 Å². The van der Waals surface area contributed by atoms with Crippen molar-refractivity contribution in [2.45, 2.75) is 37.3 Å². The smallest absolute Gasteiger partial charge is 0.255 e. The summed E-state index contributed by atoms with van der Waals surface area (Å²) in [6, 6.07) is 0.474. The summed E-state index contributed by atoms with van der Waals surface area (Å²) in [5, 5.41) is 4.59. The van der Waals surface area contributed by atoms with Gasteiger partial charge in [0.25, 0.3) is 5.22 Å². The molecule has 13 heavy (non-hydrogen) atoms. The van der Waals surface area contributed by atoms with Crippen LogP contribution < -0.4 is 5.32 Å². The molecule has 0 aromatic carbocycles. The highest BCUT2D eigenvalue weighted by Gasteiger charge is 2.14. The molecule has 0 aliphatic rings. The fraction of sp³-hybridized carbons (Fsp3) is 0.667. The summed E-state index contributed by atoms with van der Waals surface area (Å²) in [5.74, 6) is 0. The molecule has 1 aromatic rings. The van der Waals surface area contributed by atoms with Gasteiger partial charge in [-0.2, -0.15) is 0 Å². The summed E-state index contributed by atoms with van der Waals surface area (Å²) in [4.78, 5) is 4.07. The van der Waals surface area contributed by atoms with Gasteiger partial charge in [0, 0.05) is 11.3 Å². The Labute approximate surface area is 83.3 Å². The van der Waals surface area contributed by atoms with Crippen molar-refractivity contribution < 1.29 is 4.42 Å². The molecular weight excluding hydrogens is 184 g/mol. The summed E-state index contributed by atoms with van der Waals surface area (Å²) < 4.78 is 5.16. The fourth-order valence-electron chi connectivity index (χ4n) is 1.02. The van der Waals surface area contributed by atoms with Crippen molar-refractivity contribution in [1.29, 1.82) is 0 Å². The molecule has 3 nitrogen and oxygen atoms in total. The van der Waals surface area contributed by atoms with Crippen LogP contribution in [-0.2, 0) is 0 Å². The second-order valence-electron chi connectivity index (χ2n) is 2.97. The molecule has 4 heteroatoms. The second-order valence-corrected chi connectivity index (χ2v) is 4.30. The van der Waals surface area contributed by atoms with E-state index in [-0.39, 0.29) is 0 Å². The highest BCUT2D eigenvalue weighted by molar-refractivity contribution is 7.99. The van der Waals surface area contributed by atoms with Gasteiger partial charge in [0.05, 0.1) is 6.20 Å². The zero-order chi connectivity index (χ0) is 9.68. The lowest BCUT2D eigenvalue weighted by Crippen LogP contribution is -2.33. The Morgan fingerprint density at radius 1 is 1.62 bits per heavy atom. The van der Waals surface area contributed by atoms with Crippen LogP contribution in [0.1, 0.15) is 20.8 Å². The Hall–Kier alpha value is -0.480. The van der Waals surface area contributed by atoms with E-state index in [2.05, 4.69) is 31.1 Å². The first-order valence-electron chi connectivity index (χ1n) is 4.53. The molecule has 0 fully saturated rings. The molecule has 1 rings (SSSR count). The lowest BCUT2D eigenvalue weighted by molar-refractivity contribution is 0.450. The lowest BCUT2D eigenvalue weighted by atomic mass is 10.2. The molecule has 0 saturated carbocycles. The topological polar surface area (TPSA) is 38.1 Å². The van der Waals surface area contributed by atoms with Crippen LogP contribution in [0.4, 0.5) is 0 Å². The number of rotatable bonds is 5. The third-order valence-electron chi connectivity index (χ3n) is 1.93. The van der Waals surface area contributed by atoms with Gasteiger partial charge < -0.3 is 9.73 Å². The van der Waals surface area contributed by atoms with Crippen molar-refractivity contribution in [1.82, 2.24) is 10.3 Å². The molecule has 74 valence electrons. The first kappa shape index (κ1) is 10.6. The predicted octanol–water partition coefficient (Wildman–Crippen LogP) is 2.15. The van der Waals surface area contributed by atoms with E-state index in [1.165, 1.54) is 0 Å². The molecule has 0 bridgehead atoms. The van der Waals surface area contributed by atoms with E-state index in [9.17, 15) is 0 Å². The number of oxazole rings is 1. The molecule has 0 radical (unpaired) electrons. The highest BCUT2D eigenvalue weighted by atomic mass is 32.2. The molecule has 0 amide bonds. The molecule has 2 unspecified atom stereocenters. The molecule has 0 spiro atoms. The summed E-state index contributed by atoms with van der Waals surface area (Å²) in [6.07, 6.45) is 3.28. The summed E-state index contributed by atoms with van der Waals surface area (Å²) in [5.41, 5.74) is 0. The van der Waals surface area contributed by atoms with Crippen LogP contribution in [0.15, 0.2) is 22.1 Å². The minimum Gasteiger partial charge on any atom is -0.440 e. The monoisotopic (exact) mass is 200 g/mol. The minimum atomic E-state index is 0.471. The number of hydrogen-bond acceptors (Lipinski definition) is 4. The van der Waals surface area contributed by atoms with Gasteiger partial charge in [-0.25, -0.2) is 4.98 Å². The lowest BCUT2D eigenvalue weighted by Gasteiger charge is -2.18. The van der Waals surface area contributed by atoms with Gasteiger partial charge in [-0.05, 0) is 13.5 Å². The molecule has 1 N–H and O–H groups in total. The van der Waals surface area contributed by atoms with Crippen molar-refractivity contribution in [3.05, 3.63) is 12.5 Å². The number of aromatic nitrogens is 1. The van der Waals surface area contributed by atoms with E-state index in [1.807, 2.05) is 0 Å². The van der Waals surface area contributed by atoms with Gasteiger partial charge in [0.2, 0.25) is 0 Å². The Kier molecular flexibility index (Phi) is 4.32. The molecule has 0 aliphatic carbocycles. The number of nitrogens with zero attached hydrogens (tertiary/aromatic N) is 1. The first-order valence-corrected chi connectivity index (χ1v) is 5.41. The number of nitrogens with one attached hydrogen (secondary N) is 1. The van der Waals surface area contributed by atoms with Crippen molar-refractivity contribution in [3.63, 3.8) is 0 Å². The van der Waals surface area contributed by atoms with Crippen LogP contribution in [0.2, 0.25) is 0 Å². The van der Waals surface area contributed by atoms with Crippen LogP contribution in [0.3, 0.4) is 0 Å². The maximum Gasteiger partial charge on any atom is 0.255 e. The van der Waals surface area contributed by atoms with Gasteiger partial charge in [-0.3, -0.25) is 0 Å². The van der Waals surface area contributed by atoms with Crippen molar-refractivity contribution in [3.8, 4) is 0 Å². The Morgan fingerprint density at radius 3 is 2.92 bits per heavy atom. The summed E-state index contributed by atoms with van der Waals surface area (Å²) in [7, 11) is 0. The predicted molar refractivity (Wildman–Crippen MR) is 55.0 cm³/mol. The SMILES string of the molecule is CCNC(C)C(C)Sc1ncco1. The average Bonchev–Trinajstić information content (AvgIpc) is 2.57. The average molecular weight is 200 g/mol. The number of hydrogen-bond donors (Lipinski definition) is 1. The zero-order valence-electron chi connectivity index (χ0n) is 8.28. The molecule has 1 heterocycles. The van der Waals surface area contributed by atoms with E-state index in [0.717, 1.165) is 11.8 Å². The van der Waals surface area contributed by atoms with E-state index in [0.29, 0.717) is 11.3 Å². The van der Waals surface area contributed by atoms with E-state index < -0.39 is 0 Å². The quantitative estimate of drug-likeness (QED) is 0.739. The fourth-order valence-corrected chi connectivity index (χ4v) is 1.87. The molecule has 2 atom stereocenters. The van der Waals surface area contributed by atoms with E-state index in [4.69, 9.17) is 4.42 Å². The maximum absolute atomic E-state index is 5.16. The van der Waals surface area contributed by atoms with Crippen LogP contribution >= 0.6 is 11.8 Å². The minimum absolute atomic E-state index is 0.471. The van der Waals surface area contributed by atoms with Gasteiger partial charge in [-0.1, -0.05) is 25.6 Å². The Bertz CT molecular complexity index is 226. The largest absolute Gasteiger partial charge is 0.440 e. The standard InChI is InChI=1S/C9H16N2OS/c1-4-10-7(2)8(3)13-9-11-5-6-12-9/h5-8,10H,4H2,1-3H3. The summed E-state index contributed by atoms with van der Waals surface area (Å²) >= 11 is 1.66. The van der Waals surface area contributed by atoms with Crippen LogP contribution in [0.5, 0.6) is 0 Å². The highest BCUT2D eigenvalue weighted by Crippen LogP contribution is 2.22. The third-order valence-corrected chi connectivity index (χ3v) is 3.11. The van der Waals surface area contributed by atoms with Gasteiger partial charge >= 0.3 is 0 Å². The molecule has 1 aromatic heterocycles. The van der Waals surface area contributed by atoms with Crippen molar-refractivity contribution >= 4 is 11.8 Å². The van der Waals surface area contributed by atoms with Crippen LogP contribution in [-0.4, -0.2) is 22.8 Å². The number of thioether (sulfide) groups is 1. The van der Waals surface area contributed by atoms with Crippen molar-refractivity contribution in [2.75, 3.05) is 6.54 Å². The van der Waals surface area contributed by atoms with Crippen LogP contribution in [0.25, 0.3) is 0 Å². The third kappa shape index (κ3) is 3.40. The summed E-state index contributed by atoms with van der Waals surface area (Å²) in [6.45, 7) is 7.45. The van der Waals surface area contributed by atoms with Gasteiger partial charge in [-0.15, -0.1) is 0 Å². The van der Waals surface area contributed by atoms with Crippen molar-refractivity contribution in [2.24, 2.45) is 0 Å². The van der Waals surface area contributed by atoms with Gasteiger partial charge in [0.15, 0.2) is 0 Å². The maximum atomic E-state index is 5.16. The molecule has 0 saturated heterocycles. The Balaban J connectivity index is 2.36. The molecule has 0 aliphatic heterocycles. The zero-order valence-corrected chi connectivity index (χ0v) is 9.10.